The molecule has 1 amide bonds. The second kappa shape index (κ2) is 9.43. The zero-order valence-corrected chi connectivity index (χ0v) is 19.6. The van der Waals surface area contributed by atoms with Crippen molar-refractivity contribution in [1.29, 1.82) is 0 Å². The van der Waals surface area contributed by atoms with Gasteiger partial charge >= 0.3 is 0 Å². The summed E-state index contributed by atoms with van der Waals surface area (Å²) < 4.78 is 33.9. The molecule has 8 nitrogen and oxygen atoms in total. The molecule has 1 unspecified atom stereocenters. The van der Waals surface area contributed by atoms with Crippen LogP contribution in [0.3, 0.4) is 0 Å². The highest BCUT2D eigenvalue weighted by Gasteiger charge is 2.32. The molecule has 1 aliphatic rings. The number of fused-ring (bicyclic) bond motifs is 1. The van der Waals surface area contributed by atoms with Crippen LogP contribution in [0.15, 0.2) is 47.4 Å². The average Bonchev–Trinajstić information content (AvgIpc) is 3.24. The molecule has 0 radical (unpaired) electrons. The van der Waals surface area contributed by atoms with Crippen molar-refractivity contribution in [3.8, 4) is 5.75 Å². The van der Waals surface area contributed by atoms with E-state index < -0.39 is 10.0 Å². The fourth-order valence-electron chi connectivity index (χ4n) is 3.88. The Bertz CT molecular complexity index is 1210. The summed E-state index contributed by atoms with van der Waals surface area (Å²) in [4.78, 5) is 17.1. The highest BCUT2D eigenvalue weighted by molar-refractivity contribution is 7.89. The molecule has 0 bridgehead atoms. The van der Waals surface area contributed by atoms with Crippen molar-refractivity contribution in [3.63, 3.8) is 0 Å². The van der Waals surface area contributed by atoms with Crippen LogP contribution in [-0.2, 0) is 10.0 Å². The topological polar surface area (TPSA) is 101 Å². The van der Waals surface area contributed by atoms with Gasteiger partial charge in [0, 0.05) is 18.2 Å². The Morgan fingerprint density at radius 1 is 1.22 bits per heavy atom. The third-order valence-electron chi connectivity index (χ3n) is 5.65. The van der Waals surface area contributed by atoms with E-state index in [9.17, 15) is 13.2 Å². The number of anilines is 1. The molecule has 1 saturated heterocycles. The number of amides is 1. The summed E-state index contributed by atoms with van der Waals surface area (Å²) in [5.74, 6) is 0.358. The second-order valence-electron chi connectivity index (χ2n) is 7.63. The largest absolute Gasteiger partial charge is 0.497 e. The minimum Gasteiger partial charge on any atom is -0.497 e. The van der Waals surface area contributed by atoms with Crippen LogP contribution in [0.25, 0.3) is 10.2 Å². The molecule has 0 saturated carbocycles. The maximum absolute atomic E-state index is 13.1. The molecular weight excluding hydrogens is 448 g/mol. The zero-order chi connectivity index (χ0) is 22.7. The molecule has 4 rings (SSSR count). The number of thiazole rings is 1. The number of nitrogens with one attached hydrogen (secondary N) is 2. The number of aromatic nitrogens is 1. The minimum atomic E-state index is -3.57. The van der Waals surface area contributed by atoms with Gasteiger partial charge in [-0.1, -0.05) is 24.7 Å². The number of sulfonamides is 1. The first kappa shape index (κ1) is 22.5. The molecule has 0 aliphatic carbocycles. The highest BCUT2D eigenvalue weighted by atomic mass is 32.2. The molecule has 170 valence electrons. The minimum absolute atomic E-state index is 0.0368. The first-order chi connectivity index (χ1) is 15.4. The lowest BCUT2D eigenvalue weighted by atomic mass is 10.0. The predicted molar refractivity (Wildman–Crippen MR) is 126 cm³/mol. The van der Waals surface area contributed by atoms with Gasteiger partial charge in [0.25, 0.3) is 5.91 Å². The number of piperidine rings is 1. The number of hydrogen-bond donors (Lipinski definition) is 2. The van der Waals surface area contributed by atoms with Gasteiger partial charge in [-0.05, 0) is 61.7 Å². The van der Waals surface area contributed by atoms with Crippen LogP contribution < -0.4 is 15.6 Å². The maximum Gasteiger partial charge on any atom is 0.269 e. The summed E-state index contributed by atoms with van der Waals surface area (Å²) in [6, 6.07) is 11.6. The van der Waals surface area contributed by atoms with Crippen molar-refractivity contribution in [3.05, 3.63) is 48.0 Å². The SMILES string of the molecule is CCC1CCCCN1S(=O)(=O)c1ccc(C(=O)NNc2nc3ccc(OC)cc3s2)cc1. The Kier molecular flexibility index (Phi) is 6.63. The molecule has 0 spiro atoms. The van der Waals surface area contributed by atoms with Gasteiger partial charge in [0.1, 0.15) is 5.75 Å². The van der Waals surface area contributed by atoms with Gasteiger partial charge in [-0.25, -0.2) is 13.4 Å². The highest BCUT2D eigenvalue weighted by Crippen LogP contribution is 2.29. The van der Waals surface area contributed by atoms with E-state index in [2.05, 4.69) is 15.8 Å². The summed E-state index contributed by atoms with van der Waals surface area (Å²) in [5, 5.41) is 0.538. The number of carbonyl (C=O) groups is 1. The molecule has 1 fully saturated rings. The van der Waals surface area contributed by atoms with Gasteiger partial charge in [0.2, 0.25) is 15.2 Å². The number of hydrogen-bond acceptors (Lipinski definition) is 7. The molecule has 10 heteroatoms. The van der Waals surface area contributed by atoms with Crippen LogP contribution >= 0.6 is 11.3 Å². The Balaban J connectivity index is 1.43. The van der Waals surface area contributed by atoms with Crippen LogP contribution in [0, 0.1) is 0 Å². The number of nitrogens with zero attached hydrogens (tertiary/aromatic N) is 2. The van der Waals surface area contributed by atoms with E-state index in [0.717, 1.165) is 41.6 Å². The van der Waals surface area contributed by atoms with Crippen molar-refractivity contribution in [2.45, 2.75) is 43.5 Å². The van der Waals surface area contributed by atoms with Gasteiger partial charge in [0.15, 0.2) is 0 Å². The average molecular weight is 475 g/mol. The fraction of sp³-hybridized carbons (Fsp3) is 0.364. The molecule has 1 atom stereocenters. The van der Waals surface area contributed by atoms with Crippen molar-refractivity contribution in [1.82, 2.24) is 14.7 Å². The van der Waals surface area contributed by atoms with E-state index in [1.54, 1.807) is 11.4 Å². The van der Waals surface area contributed by atoms with Crippen molar-refractivity contribution >= 4 is 42.6 Å². The zero-order valence-electron chi connectivity index (χ0n) is 18.0. The van der Waals surface area contributed by atoms with Crippen LogP contribution in [0.1, 0.15) is 43.0 Å². The number of carbonyl (C=O) groups excluding carboxylic acids is 1. The third-order valence-corrected chi connectivity index (χ3v) is 8.55. The van der Waals surface area contributed by atoms with E-state index in [1.807, 2.05) is 25.1 Å². The van der Waals surface area contributed by atoms with Gasteiger partial charge < -0.3 is 4.74 Å². The quantitative estimate of drug-likeness (QED) is 0.502. The smallest absolute Gasteiger partial charge is 0.269 e. The molecule has 32 heavy (non-hydrogen) atoms. The Morgan fingerprint density at radius 2 is 2.00 bits per heavy atom. The first-order valence-corrected chi connectivity index (χ1v) is 12.8. The Hall–Kier alpha value is -2.69. The number of ether oxygens (including phenoxy) is 1. The monoisotopic (exact) mass is 474 g/mol. The molecule has 3 aromatic rings. The van der Waals surface area contributed by atoms with Crippen molar-refractivity contribution in [2.75, 3.05) is 19.1 Å². The van der Waals surface area contributed by atoms with E-state index in [0.29, 0.717) is 17.2 Å². The lowest BCUT2D eigenvalue weighted by molar-refractivity contribution is 0.0962. The predicted octanol–water partition coefficient (Wildman–Crippen LogP) is 4.02. The summed E-state index contributed by atoms with van der Waals surface area (Å²) in [6.45, 7) is 2.56. The van der Waals surface area contributed by atoms with Gasteiger partial charge in [-0.3, -0.25) is 15.6 Å². The molecule has 1 aromatic heterocycles. The number of benzene rings is 2. The lowest BCUT2D eigenvalue weighted by Gasteiger charge is -2.34. The summed E-state index contributed by atoms with van der Waals surface area (Å²) >= 11 is 1.39. The van der Waals surface area contributed by atoms with E-state index in [4.69, 9.17) is 4.74 Å². The van der Waals surface area contributed by atoms with Gasteiger partial charge in [-0.2, -0.15) is 4.31 Å². The summed E-state index contributed by atoms with van der Waals surface area (Å²) in [5.41, 5.74) is 6.58. The first-order valence-electron chi connectivity index (χ1n) is 10.5. The summed E-state index contributed by atoms with van der Waals surface area (Å²) in [7, 11) is -1.97. The fourth-order valence-corrected chi connectivity index (χ4v) is 6.49. The number of rotatable bonds is 7. The lowest BCUT2D eigenvalue weighted by Crippen LogP contribution is -2.43. The number of methoxy groups -OCH3 is 1. The van der Waals surface area contributed by atoms with Crippen molar-refractivity contribution in [2.24, 2.45) is 0 Å². The molecule has 2 aromatic carbocycles. The summed E-state index contributed by atoms with van der Waals surface area (Å²) in [6.07, 6.45) is 3.61. The number of hydrazine groups is 1. The molecular formula is C22H26N4O4S2. The molecule has 2 heterocycles. The van der Waals surface area contributed by atoms with E-state index in [-0.39, 0.29) is 16.8 Å². The van der Waals surface area contributed by atoms with E-state index >= 15 is 0 Å². The molecule has 1 aliphatic heterocycles. The van der Waals surface area contributed by atoms with Gasteiger partial charge in [0.05, 0.1) is 22.2 Å². The standard InChI is InChI=1S/C22H26N4O4S2/c1-3-16-6-4-5-13-26(16)32(28,29)18-10-7-15(8-11-18)21(27)24-25-22-23-19-12-9-17(30-2)14-20(19)31-22/h7-12,14,16H,3-6,13H2,1-2H3,(H,23,25)(H,24,27). The van der Waals surface area contributed by atoms with Gasteiger partial charge in [-0.15, -0.1) is 0 Å². The Morgan fingerprint density at radius 3 is 2.72 bits per heavy atom. The Labute approximate surface area is 191 Å². The van der Waals surface area contributed by atoms with Crippen LogP contribution in [-0.4, -0.2) is 43.3 Å². The second-order valence-corrected chi connectivity index (χ2v) is 10.6. The van der Waals surface area contributed by atoms with Crippen molar-refractivity contribution < 1.29 is 17.9 Å². The van der Waals surface area contributed by atoms with Crippen LogP contribution in [0.5, 0.6) is 5.75 Å². The molecule has 2 N–H and O–H groups in total. The van der Waals surface area contributed by atoms with E-state index in [1.165, 1.54) is 35.6 Å². The van der Waals surface area contributed by atoms with Crippen LogP contribution in [0.2, 0.25) is 0 Å². The van der Waals surface area contributed by atoms with Crippen LogP contribution in [0.4, 0.5) is 5.13 Å². The normalized spacial score (nSPS) is 17.2. The maximum atomic E-state index is 13.1. The third kappa shape index (κ3) is 4.57.